The molecule has 0 unspecified atom stereocenters. The number of hydrogen-bond acceptors (Lipinski definition) is 5. The number of carboxylic acids is 1. The predicted octanol–water partition coefficient (Wildman–Crippen LogP) is 4.75. The zero-order chi connectivity index (χ0) is 28.0. The number of fused-ring (bicyclic) bond motifs is 1. The molecule has 0 aliphatic rings. The zero-order valence-corrected chi connectivity index (χ0v) is 23.2. The van der Waals surface area contributed by atoms with Crippen LogP contribution < -0.4 is 10.6 Å². The van der Waals surface area contributed by atoms with Crippen LogP contribution in [0.25, 0.3) is 10.9 Å². The lowest BCUT2D eigenvalue weighted by Gasteiger charge is -2.23. The van der Waals surface area contributed by atoms with Crippen LogP contribution >= 0.6 is 0 Å². The Kier molecular flexibility index (Phi) is 12.8. The van der Waals surface area contributed by atoms with Crippen molar-refractivity contribution < 1.29 is 24.2 Å². The number of benzene rings is 1. The Hall–Kier alpha value is -3.36. The number of ether oxygens (including phenoxy) is 1. The summed E-state index contributed by atoms with van der Waals surface area (Å²) in [6.45, 7) is 8.11. The van der Waals surface area contributed by atoms with Crippen molar-refractivity contribution in [3.8, 4) is 0 Å². The van der Waals surface area contributed by atoms with Gasteiger partial charge in [0.05, 0.1) is 13.0 Å². The van der Waals surface area contributed by atoms with E-state index in [1.807, 2.05) is 30.5 Å². The molecule has 0 aliphatic heterocycles. The first-order valence-corrected chi connectivity index (χ1v) is 13.6. The Morgan fingerprint density at radius 1 is 1.08 bits per heavy atom. The van der Waals surface area contributed by atoms with Gasteiger partial charge in [0.25, 0.3) is 0 Å². The highest BCUT2D eigenvalue weighted by molar-refractivity contribution is 5.92. The summed E-state index contributed by atoms with van der Waals surface area (Å²) in [4.78, 5) is 44.9. The Morgan fingerprint density at radius 2 is 1.76 bits per heavy atom. The van der Waals surface area contributed by atoms with Gasteiger partial charge in [-0.15, -0.1) is 0 Å². The zero-order valence-electron chi connectivity index (χ0n) is 23.2. The number of carbonyl (C=O) groups is 3. The highest BCUT2D eigenvalue weighted by atomic mass is 16.5. The first-order valence-electron chi connectivity index (χ1n) is 13.6. The number of nitrogens with one attached hydrogen (secondary N) is 3. The van der Waals surface area contributed by atoms with Gasteiger partial charge in [0, 0.05) is 29.1 Å². The minimum Gasteiger partial charge on any atom is -0.483 e. The molecule has 9 nitrogen and oxygen atoms in total. The molecular weight excluding hydrogens is 484 g/mol. The van der Waals surface area contributed by atoms with Gasteiger partial charge in [0.1, 0.15) is 12.1 Å². The van der Waals surface area contributed by atoms with Crippen molar-refractivity contribution in [3.05, 3.63) is 36.0 Å². The van der Waals surface area contributed by atoms with Gasteiger partial charge in [-0.3, -0.25) is 9.59 Å². The molecule has 0 saturated heterocycles. The summed E-state index contributed by atoms with van der Waals surface area (Å²) < 4.78 is 5.56. The summed E-state index contributed by atoms with van der Waals surface area (Å²) in [6.07, 6.45) is 11.1. The van der Waals surface area contributed by atoms with Gasteiger partial charge in [0.2, 0.25) is 11.8 Å². The van der Waals surface area contributed by atoms with Crippen molar-refractivity contribution in [2.75, 3.05) is 6.61 Å². The minimum absolute atomic E-state index is 0.244. The second-order valence-corrected chi connectivity index (χ2v) is 10.7. The molecule has 2 aromatic rings. The van der Waals surface area contributed by atoms with Crippen LogP contribution in [0.3, 0.4) is 0 Å². The lowest BCUT2D eigenvalue weighted by molar-refractivity contribution is -0.144. The van der Waals surface area contributed by atoms with Crippen molar-refractivity contribution in [2.24, 2.45) is 4.99 Å². The summed E-state index contributed by atoms with van der Waals surface area (Å²) in [5, 5.41) is 15.8. The van der Waals surface area contributed by atoms with Crippen molar-refractivity contribution >= 4 is 35.1 Å². The van der Waals surface area contributed by atoms with E-state index < -0.39 is 35.4 Å². The van der Waals surface area contributed by atoms with Gasteiger partial charge < -0.3 is 25.5 Å². The molecule has 0 saturated carbocycles. The maximum absolute atomic E-state index is 13.2. The first kappa shape index (κ1) is 30.9. The number of carbonyl (C=O) groups excluding carboxylic acids is 2. The number of H-pyrrole nitrogens is 1. The maximum atomic E-state index is 13.2. The average Bonchev–Trinajstić information content (AvgIpc) is 3.25. The number of rotatable bonds is 17. The van der Waals surface area contributed by atoms with Gasteiger partial charge in [-0.25, -0.2) is 9.79 Å². The number of nitrogens with zero attached hydrogens (tertiary/aromatic N) is 1. The number of carboxylic acid groups (broad SMARTS) is 1. The number of para-hydroxylation sites is 1. The van der Waals surface area contributed by atoms with Gasteiger partial charge >= 0.3 is 5.97 Å². The molecule has 2 atom stereocenters. The number of aliphatic carboxylic acids is 1. The van der Waals surface area contributed by atoms with Gasteiger partial charge in [-0.2, -0.15) is 0 Å². The van der Waals surface area contributed by atoms with Crippen LogP contribution in [0.5, 0.6) is 0 Å². The van der Waals surface area contributed by atoms with E-state index in [1.165, 1.54) is 38.5 Å². The van der Waals surface area contributed by atoms with Crippen LogP contribution in [0, 0.1) is 0 Å². The number of unbranched alkanes of at least 4 members (excludes halogenated alkanes) is 6. The molecule has 210 valence electrons. The third-order valence-corrected chi connectivity index (χ3v) is 6.09. The maximum Gasteiger partial charge on any atom is 0.326 e. The van der Waals surface area contributed by atoms with Gasteiger partial charge in [-0.1, -0.05) is 63.6 Å². The fourth-order valence-corrected chi connectivity index (χ4v) is 4.16. The molecule has 2 rings (SSSR count). The minimum atomic E-state index is -1.38. The summed E-state index contributed by atoms with van der Waals surface area (Å²) in [5.74, 6) is -2.32. The molecule has 2 amide bonds. The number of hydrogen-bond donors (Lipinski definition) is 4. The lowest BCUT2D eigenvalue weighted by atomic mass is 10.0. The Morgan fingerprint density at radius 3 is 2.45 bits per heavy atom. The molecule has 1 aromatic heterocycles. The second kappa shape index (κ2) is 15.8. The molecule has 1 aromatic carbocycles. The van der Waals surface area contributed by atoms with E-state index in [9.17, 15) is 19.5 Å². The standard InChI is InChI=1S/C29H44N4O5/c1-5-6-7-8-9-10-13-16-38-20-31-24(17-21-19-30-23-15-12-11-14-22(21)23)27(35)32-25(28(36)37)18-26(34)33-29(2,3)4/h11-12,14-15,19-20,24-25,30H,5-10,13,16-18H2,1-4H3,(H,32,35)(H,33,34)(H,36,37)/t24-,25-/m0/s1. The topological polar surface area (TPSA) is 133 Å². The van der Waals surface area contributed by atoms with Crippen LogP contribution in [0.4, 0.5) is 0 Å². The Labute approximate surface area is 225 Å². The summed E-state index contributed by atoms with van der Waals surface area (Å²) in [7, 11) is 0. The molecule has 1 heterocycles. The second-order valence-electron chi connectivity index (χ2n) is 10.7. The van der Waals surface area contributed by atoms with E-state index in [2.05, 4.69) is 27.5 Å². The van der Waals surface area contributed by atoms with Crippen LogP contribution in [0.2, 0.25) is 0 Å². The van der Waals surface area contributed by atoms with Crippen molar-refractivity contribution in [3.63, 3.8) is 0 Å². The fourth-order valence-electron chi connectivity index (χ4n) is 4.16. The third kappa shape index (κ3) is 11.4. The molecule has 0 bridgehead atoms. The SMILES string of the molecule is CCCCCCCCCOC=N[C@@H](Cc1c[nH]c2ccccc12)C(=O)N[C@@H](CC(=O)NC(C)(C)C)C(=O)O. The van der Waals surface area contributed by atoms with E-state index in [0.29, 0.717) is 6.61 Å². The molecular formula is C29H44N4O5. The average molecular weight is 529 g/mol. The molecule has 0 radical (unpaired) electrons. The van der Waals surface area contributed by atoms with Crippen molar-refractivity contribution in [1.29, 1.82) is 0 Å². The summed E-state index contributed by atoms with van der Waals surface area (Å²) in [6, 6.07) is 5.43. The van der Waals surface area contributed by atoms with Gasteiger partial charge in [-0.05, 0) is 38.8 Å². The monoisotopic (exact) mass is 528 g/mol. The van der Waals surface area contributed by atoms with Crippen LogP contribution in [-0.2, 0) is 25.5 Å². The molecule has 9 heteroatoms. The predicted molar refractivity (Wildman–Crippen MR) is 150 cm³/mol. The van der Waals surface area contributed by atoms with Crippen LogP contribution in [0.15, 0.2) is 35.5 Å². The molecule has 4 N–H and O–H groups in total. The molecule has 38 heavy (non-hydrogen) atoms. The van der Waals surface area contributed by atoms with E-state index >= 15 is 0 Å². The number of aromatic amines is 1. The van der Waals surface area contributed by atoms with E-state index in [1.54, 1.807) is 20.8 Å². The van der Waals surface area contributed by atoms with Gasteiger partial charge in [0.15, 0.2) is 6.40 Å². The number of aromatic nitrogens is 1. The van der Waals surface area contributed by atoms with Crippen LogP contribution in [-0.4, -0.2) is 58.5 Å². The first-order chi connectivity index (χ1) is 18.1. The molecule has 0 spiro atoms. The van der Waals surface area contributed by atoms with Crippen LogP contribution in [0.1, 0.15) is 84.6 Å². The summed E-state index contributed by atoms with van der Waals surface area (Å²) in [5.41, 5.74) is 1.30. The van der Waals surface area contributed by atoms with Crippen molar-refractivity contribution in [2.45, 2.75) is 103 Å². The summed E-state index contributed by atoms with van der Waals surface area (Å²) >= 11 is 0. The Bertz CT molecular complexity index is 1060. The lowest BCUT2D eigenvalue weighted by Crippen LogP contribution is -2.49. The largest absolute Gasteiger partial charge is 0.483 e. The number of amides is 2. The normalized spacial score (nSPS) is 13.4. The Balaban J connectivity index is 2.03. The highest BCUT2D eigenvalue weighted by Gasteiger charge is 2.28. The van der Waals surface area contributed by atoms with E-state index in [0.717, 1.165) is 29.3 Å². The van der Waals surface area contributed by atoms with E-state index in [4.69, 9.17) is 4.74 Å². The molecule has 0 fully saturated rings. The number of aliphatic imine (C=N–C) groups is 1. The van der Waals surface area contributed by atoms with E-state index in [-0.39, 0.29) is 12.8 Å². The quantitative estimate of drug-likeness (QED) is 0.134. The fraction of sp³-hybridized carbons (Fsp3) is 0.586. The van der Waals surface area contributed by atoms with Crippen molar-refractivity contribution in [1.82, 2.24) is 15.6 Å². The molecule has 0 aliphatic carbocycles. The highest BCUT2D eigenvalue weighted by Crippen LogP contribution is 2.20. The third-order valence-electron chi connectivity index (χ3n) is 6.09. The smallest absolute Gasteiger partial charge is 0.326 e.